The molecule has 0 spiro atoms. The van der Waals surface area contributed by atoms with Crippen LogP contribution in [0.2, 0.25) is 0 Å². The van der Waals surface area contributed by atoms with Crippen LogP contribution in [0, 0.1) is 0 Å². The van der Waals surface area contributed by atoms with E-state index in [1.807, 2.05) is 36.4 Å². The van der Waals surface area contributed by atoms with Crippen LogP contribution in [0.3, 0.4) is 0 Å². The van der Waals surface area contributed by atoms with Gasteiger partial charge in [0, 0.05) is 11.1 Å². The van der Waals surface area contributed by atoms with E-state index in [-0.39, 0.29) is 19.1 Å². The molecule has 0 unspecified atom stereocenters. The van der Waals surface area contributed by atoms with Gasteiger partial charge in [-0.1, -0.05) is 36.4 Å². The number of primary amides is 1. The molecule has 7 nitrogen and oxygen atoms in total. The second-order valence-corrected chi connectivity index (χ2v) is 9.04. The van der Waals surface area contributed by atoms with E-state index in [2.05, 4.69) is 0 Å². The molecule has 0 saturated heterocycles. The van der Waals surface area contributed by atoms with Gasteiger partial charge in [0.25, 0.3) is 0 Å². The van der Waals surface area contributed by atoms with Crippen molar-refractivity contribution in [2.24, 2.45) is 11.5 Å². The molecule has 4 rings (SSSR count). The molecule has 0 aliphatic carbocycles. The summed E-state index contributed by atoms with van der Waals surface area (Å²) in [6, 6.07) is 18.6. The van der Waals surface area contributed by atoms with Crippen LogP contribution in [0.4, 0.5) is 0 Å². The molecular formula is C27H28N2O5. The van der Waals surface area contributed by atoms with E-state index in [4.69, 9.17) is 20.9 Å². The first-order chi connectivity index (χ1) is 16.1. The molecule has 0 bridgehead atoms. The summed E-state index contributed by atoms with van der Waals surface area (Å²) in [5.74, 6) is -0.0785. The van der Waals surface area contributed by atoms with Gasteiger partial charge < -0.3 is 26.0 Å². The average molecular weight is 461 g/mol. The number of benzene rings is 3. The van der Waals surface area contributed by atoms with E-state index >= 15 is 0 Å². The van der Waals surface area contributed by atoms with Crippen LogP contribution < -0.4 is 20.9 Å². The molecular weight excluding hydrogens is 432 g/mol. The largest absolute Gasteiger partial charge is 0.491 e. The Bertz CT molecular complexity index is 1250. The smallest absolute Gasteiger partial charge is 0.307 e. The van der Waals surface area contributed by atoms with Gasteiger partial charge in [0.2, 0.25) is 5.91 Å². The van der Waals surface area contributed by atoms with Crippen molar-refractivity contribution in [3.8, 4) is 22.6 Å². The van der Waals surface area contributed by atoms with Crippen molar-refractivity contribution in [2.75, 3.05) is 6.61 Å². The van der Waals surface area contributed by atoms with E-state index < -0.39 is 17.3 Å². The van der Waals surface area contributed by atoms with Gasteiger partial charge >= 0.3 is 5.97 Å². The lowest BCUT2D eigenvalue weighted by Crippen LogP contribution is -2.35. The molecule has 3 aromatic carbocycles. The van der Waals surface area contributed by atoms with Gasteiger partial charge in [-0.25, -0.2) is 0 Å². The summed E-state index contributed by atoms with van der Waals surface area (Å²) in [5, 5.41) is 9.19. The third kappa shape index (κ3) is 4.75. The summed E-state index contributed by atoms with van der Waals surface area (Å²) >= 11 is 0. The Hall–Kier alpha value is -3.84. The Morgan fingerprint density at radius 1 is 1.09 bits per heavy atom. The van der Waals surface area contributed by atoms with E-state index in [0.717, 1.165) is 33.6 Å². The molecule has 1 aliphatic heterocycles. The average Bonchev–Trinajstić information content (AvgIpc) is 3.18. The number of ether oxygens (including phenoxy) is 2. The van der Waals surface area contributed by atoms with Crippen LogP contribution in [-0.2, 0) is 28.0 Å². The lowest BCUT2D eigenvalue weighted by molar-refractivity contribution is -0.136. The fraction of sp³-hybridized carbons (Fsp3) is 0.259. The molecule has 0 aromatic heterocycles. The third-order valence-corrected chi connectivity index (χ3v) is 6.20. The van der Waals surface area contributed by atoms with Gasteiger partial charge in [-0.2, -0.15) is 0 Å². The molecule has 34 heavy (non-hydrogen) atoms. The van der Waals surface area contributed by atoms with E-state index in [1.165, 1.54) is 0 Å². The maximum absolute atomic E-state index is 12.2. The topological polar surface area (TPSA) is 125 Å². The van der Waals surface area contributed by atoms with Crippen LogP contribution in [0.1, 0.15) is 42.1 Å². The molecule has 3 aromatic rings. The number of amides is 1. The summed E-state index contributed by atoms with van der Waals surface area (Å²) in [6.45, 7) is 4.21. The summed E-state index contributed by atoms with van der Waals surface area (Å²) in [5.41, 5.74) is 15.9. The first kappa shape index (κ1) is 23.3. The lowest BCUT2D eigenvalue weighted by atomic mass is 9.81. The number of nitrogens with two attached hydrogens (primary N) is 2. The van der Waals surface area contributed by atoms with Crippen molar-refractivity contribution in [3.05, 3.63) is 82.9 Å². The zero-order valence-corrected chi connectivity index (χ0v) is 19.2. The first-order valence-corrected chi connectivity index (χ1v) is 11.0. The highest BCUT2D eigenvalue weighted by molar-refractivity contribution is 5.86. The van der Waals surface area contributed by atoms with Crippen LogP contribution in [0.25, 0.3) is 11.1 Å². The molecule has 5 N–H and O–H groups in total. The number of carbonyl (C=O) groups excluding carboxylic acids is 1. The quantitative estimate of drug-likeness (QED) is 0.471. The second kappa shape index (κ2) is 9.19. The van der Waals surface area contributed by atoms with E-state index in [9.17, 15) is 14.7 Å². The summed E-state index contributed by atoms with van der Waals surface area (Å²) in [4.78, 5) is 23.4. The fourth-order valence-corrected chi connectivity index (χ4v) is 3.98. The maximum atomic E-state index is 12.2. The Morgan fingerprint density at radius 3 is 2.59 bits per heavy atom. The van der Waals surface area contributed by atoms with Gasteiger partial charge in [-0.3, -0.25) is 9.59 Å². The number of carboxylic acids is 1. The van der Waals surface area contributed by atoms with Gasteiger partial charge in [0.15, 0.2) is 0 Å². The number of aliphatic carboxylic acids is 1. The maximum Gasteiger partial charge on any atom is 0.307 e. The highest BCUT2D eigenvalue weighted by Gasteiger charge is 2.29. The molecule has 1 atom stereocenters. The normalized spacial score (nSPS) is 14.9. The Kier molecular flexibility index (Phi) is 6.30. The predicted molar refractivity (Wildman–Crippen MR) is 129 cm³/mol. The number of hydrogen-bond donors (Lipinski definition) is 3. The van der Waals surface area contributed by atoms with Gasteiger partial charge in [-0.15, -0.1) is 0 Å². The monoisotopic (exact) mass is 460 g/mol. The lowest BCUT2D eigenvalue weighted by Gasteiger charge is -2.23. The van der Waals surface area contributed by atoms with Crippen LogP contribution in [0.5, 0.6) is 11.5 Å². The third-order valence-electron chi connectivity index (χ3n) is 6.20. The molecule has 1 heterocycles. The van der Waals surface area contributed by atoms with Gasteiger partial charge in [0.1, 0.15) is 24.7 Å². The number of fused-ring (bicyclic) bond motifs is 1. The summed E-state index contributed by atoms with van der Waals surface area (Å²) in [6.07, 6.45) is -0.131. The van der Waals surface area contributed by atoms with Crippen LogP contribution >= 0.6 is 0 Å². The molecule has 1 amide bonds. The van der Waals surface area contributed by atoms with E-state index in [1.54, 1.807) is 38.1 Å². The van der Waals surface area contributed by atoms with Gasteiger partial charge in [-0.05, 0) is 60.4 Å². The van der Waals surface area contributed by atoms with Crippen molar-refractivity contribution >= 4 is 11.9 Å². The molecule has 1 aliphatic rings. The SMILES string of the molecule is CC(C)(C(N)=O)c1cc(COc2ccccc2CC(=O)O)cc(-c2ccc3c(c2)[C@H](N)CO3)c1. The zero-order chi connectivity index (χ0) is 24.5. The summed E-state index contributed by atoms with van der Waals surface area (Å²) in [7, 11) is 0. The number of carbonyl (C=O) groups is 2. The molecule has 7 heteroatoms. The minimum absolute atomic E-state index is 0.131. The molecule has 176 valence electrons. The number of rotatable bonds is 8. The fourth-order valence-electron chi connectivity index (χ4n) is 3.98. The van der Waals surface area contributed by atoms with Crippen LogP contribution in [0.15, 0.2) is 60.7 Å². The minimum atomic E-state index is -0.928. The molecule has 0 radical (unpaired) electrons. The standard InChI is InChI=1S/C27H28N2O5/c1-27(2,26(29)32)20-10-16(14-33-23-6-4-3-5-18(23)13-25(30)31)9-19(11-20)17-7-8-24-21(12-17)22(28)15-34-24/h3-12,22H,13-15,28H2,1-2H3,(H2,29,32)(H,30,31)/t22-/m1/s1. The van der Waals surface area contributed by atoms with Crippen molar-refractivity contribution in [1.82, 2.24) is 0 Å². The van der Waals surface area contributed by atoms with Gasteiger partial charge in [0.05, 0.1) is 17.9 Å². The van der Waals surface area contributed by atoms with Crippen molar-refractivity contribution in [2.45, 2.75) is 38.3 Å². The predicted octanol–water partition coefficient (Wildman–Crippen LogP) is 3.71. The van der Waals surface area contributed by atoms with Crippen molar-refractivity contribution < 1.29 is 24.2 Å². The highest BCUT2D eigenvalue weighted by Crippen LogP contribution is 2.36. The van der Waals surface area contributed by atoms with Crippen molar-refractivity contribution in [1.29, 1.82) is 0 Å². The first-order valence-electron chi connectivity index (χ1n) is 11.0. The number of carboxylic acid groups (broad SMARTS) is 1. The highest BCUT2D eigenvalue weighted by atomic mass is 16.5. The second-order valence-electron chi connectivity index (χ2n) is 9.04. The Morgan fingerprint density at radius 2 is 1.85 bits per heavy atom. The van der Waals surface area contributed by atoms with Crippen LogP contribution in [-0.4, -0.2) is 23.6 Å². The molecule has 0 fully saturated rings. The zero-order valence-electron chi connectivity index (χ0n) is 19.2. The summed E-state index contributed by atoms with van der Waals surface area (Å²) < 4.78 is 11.6. The Labute approximate surface area is 198 Å². The molecule has 0 saturated carbocycles. The Balaban J connectivity index is 1.71. The van der Waals surface area contributed by atoms with Crippen molar-refractivity contribution in [3.63, 3.8) is 0 Å². The number of hydrogen-bond acceptors (Lipinski definition) is 5. The minimum Gasteiger partial charge on any atom is -0.491 e. The number of para-hydroxylation sites is 1. The van der Waals surface area contributed by atoms with E-state index in [0.29, 0.717) is 17.9 Å².